The molecule has 0 N–H and O–H groups in total. The van der Waals surface area contributed by atoms with Gasteiger partial charge in [0.15, 0.2) is 0 Å². The van der Waals surface area contributed by atoms with Crippen LogP contribution in [0.1, 0.15) is 52.7 Å². The van der Waals surface area contributed by atoms with E-state index >= 15 is 0 Å². The molecule has 27 heavy (non-hydrogen) atoms. The summed E-state index contributed by atoms with van der Waals surface area (Å²) in [7, 11) is -3.51. The molecular weight excluding hydrogens is 386 g/mol. The van der Waals surface area contributed by atoms with Crippen LogP contribution in [-0.2, 0) is 33.5 Å². The Morgan fingerprint density at radius 3 is 2.07 bits per heavy atom. The highest BCUT2D eigenvalue weighted by Crippen LogP contribution is 2.51. The summed E-state index contributed by atoms with van der Waals surface area (Å²) >= 11 is 0. The van der Waals surface area contributed by atoms with Crippen LogP contribution < -0.4 is 4.52 Å². The summed E-state index contributed by atoms with van der Waals surface area (Å²) in [6, 6.07) is 6.33. The smallest absolute Gasteiger partial charge is 0.426 e. The maximum absolute atomic E-state index is 11.2. The fraction of sp³-hybridized carbons (Fsp3) is 0.684. The van der Waals surface area contributed by atoms with Crippen molar-refractivity contribution in [1.29, 1.82) is 0 Å². The molecular formula is C19H29O6P2+. The van der Waals surface area contributed by atoms with E-state index in [4.69, 9.17) is 22.6 Å². The Bertz CT molecular complexity index is 687. The van der Waals surface area contributed by atoms with Crippen molar-refractivity contribution < 1.29 is 27.2 Å². The van der Waals surface area contributed by atoms with Crippen LogP contribution in [0.2, 0.25) is 0 Å². The normalized spacial score (nSPS) is 28.4. The van der Waals surface area contributed by atoms with Crippen LogP contribution in [0.25, 0.3) is 0 Å². The lowest BCUT2D eigenvalue weighted by molar-refractivity contribution is -0.0629. The number of rotatable bonds is 2. The maximum atomic E-state index is 11.2. The number of benzene rings is 1. The second-order valence-electron chi connectivity index (χ2n) is 9.34. The SMILES string of the molecule is CC(C)(C)c1ccc(OP2OCC3(CO2)CO[P+](=O)OC3)c(C(C)(C)C)c1. The molecule has 1 aromatic carbocycles. The average Bonchev–Trinajstić information content (AvgIpc) is 2.58. The summed E-state index contributed by atoms with van der Waals surface area (Å²) in [6.45, 7) is 14.5. The molecule has 0 unspecified atom stereocenters. The molecule has 1 aromatic rings. The van der Waals surface area contributed by atoms with Crippen LogP contribution in [0.4, 0.5) is 0 Å². The zero-order valence-corrected chi connectivity index (χ0v) is 18.7. The van der Waals surface area contributed by atoms with Crippen molar-refractivity contribution in [1.82, 2.24) is 0 Å². The van der Waals surface area contributed by atoms with Gasteiger partial charge in [-0.15, -0.1) is 9.05 Å². The molecule has 6 nitrogen and oxygen atoms in total. The molecule has 0 atom stereocenters. The van der Waals surface area contributed by atoms with Gasteiger partial charge in [0.1, 0.15) is 19.0 Å². The third-order valence-corrected chi connectivity index (χ3v) is 6.44. The first kappa shape index (κ1) is 21.1. The minimum atomic E-state index is -2.01. The molecule has 2 heterocycles. The van der Waals surface area contributed by atoms with Gasteiger partial charge in [-0.3, -0.25) is 0 Å². The Labute approximate surface area is 163 Å². The molecule has 0 bridgehead atoms. The average molecular weight is 415 g/mol. The lowest BCUT2D eigenvalue weighted by atomic mass is 9.80. The Morgan fingerprint density at radius 1 is 0.963 bits per heavy atom. The number of hydrogen-bond donors (Lipinski definition) is 0. The highest BCUT2D eigenvalue weighted by Gasteiger charge is 2.48. The second-order valence-corrected chi connectivity index (χ2v) is 11.5. The van der Waals surface area contributed by atoms with Gasteiger partial charge in [0.25, 0.3) is 0 Å². The first-order valence-electron chi connectivity index (χ1n) is 9.11. The van der Waals surface area contributed by atoms with Crippen molar-refractivity contribution in [3.8, 4) is 5.75 Å². The Hall–Kier alpha value is -0.610. The van der Waals surface area contributed by atoms with Gasteiger partial charge in [-0.2, -0.15) is 0 Å². The van der Waals surface area contributed by atoms with Crippen LogP contribution in [-0.4, -0.2) is 26.4 Å². The highest BCUT2D eigenvalue weighted by molar-refractivity contribution is 7.42. The lowest BCUT2D eigenvalue weighted by Crippen LogP contribution is -2.44. The van der Waals surface area contributed by atoms with E-state index in [0.29, 0.717) is 26.4 Å². The van der Waals surface area contributed by atoms with Crippen molar-refractivity contribution in [2.75, 3.05) is 26.4 Å². The molecule has 1 spiro atoms. The second kappa shape index (κ2) is 7.67. The minimum absolute atomic E-state index is 0.0655. The molecule has 2 aliphatic heterocycles. The van der Waals surface area contributed by atoms with Gasteiger partial charge in [0.05, 0.1) is 18.6 Å². The standard InChI is InChI=1S/C19H29O6P2/c1-17(2,3)14-7-8-16(15(9-14)18(4,5)6)25-27-23-12-19(13-24-27)10-21-26(20)22-11-19/h7-9H,10-13H2,1-6H3/q+1. The van der Waals surface area contributed by atoms with Gasteiger partial charge in [0.2, 0.25) is 0 Å². The van der Waals surface area contributed by atoms with Gasteiger partial charge in [-0.05, 0) is 22.5 Å². The van der Waals surface area contributed by atoms with Gasteiger partial charge in [-0.25, -0.2) is 0 Å². The van der Waals surface area contributed by atoms with Crippen molar-refractivity contribution >= 4 is 16.9 Å². The van der Waals surface area contributed by atoms with E-state index in [1.54, 1.807) is 0 Å². The van der Waals surface area contributed by atoms with Crippen LogP contribution in [0, 0.1) is 5.41 Å². The number of hydrogen-bond acceptors (Lipinski definition) is 6. The van der Waals surface area contributed by atoms with Crippen molar-refractivity contribution in [2.24, 2.45) is 5.41 Å². The highest BCUT2D eigenvalue weighted by atomic mass is 31.2. The molecule has 0 amide bonds. The molecule has 2 aliphatic rings. The quantitative estimate of drug-likeness (QED) is 0.584. The summed E-state index contributed by atoms with van der Waals surface area (Å²) in [4.78, 5) is 0. The summed E-state index contributed by atoms with van der Waals surface area (Å²) in [5.74, 6) is 0.789. The third kappa shape index (κ3) is 5.06. The Morgan fingerprint density at radius 2 is 1.56 bits per heavy atom. The topological polar surface area (TPSA) is 63.2 Å². The van der Waals surface area contributed by atoms with Gasteiger partial charge < -0.3 is 13.6 Å². The largest absolute Gasteiger partial charge is 0.697 e. The van der Waals surface area contributed by atoms with Gasteiger partial charge in [0, 0.05) is 10.1 Å². The summed E-state index contributed by atoms with van der Waals surface area (Å²) < 4.78 is 39.3. The van der Waals surface area contributed by atoms with E-state index < -0.39 is 22.3 Å². The lowest BCUT2D eigenvalue weighted by Gasteiger charge is -2.36. The van der Waals surface area contributed by atoms with E-state index in [-0.39, 0.29) is 10.8 Å². The molecule has 0 saturated carbocycles. The van der Waals surface area contributed by atoms with Crippen LogP contribution >= 0.6 is 16.9 Å². The Balaban J connectivity index is 1.72. The van der Waals surface area contributed by atoms with E-state index in [1.165, 1.54) is 5.56 Å². The zero-order valence-electron chi connectivity index (χ0n) is 16.9. The molecule has 2 saturated heterocycles. The molecule has 150 valence electrons. The van der Waals surface area contributed by atoms with E-state index in [1.807, 2.05) is 6.07 Å². The van der Waals surface area contributed by atoms with Gasteiger partial charge in [-0.1, -0.05) is 53.7 Å². The van der Waals surface area contributed by atoms with E-state index in [9.17, 15) is 4.57 Å². The molecule has 2 fully saturated rings. The van der Waals surface area contributed by atoms with Crippen molar-refractivity contribution in [2.45, 2.75) is 52.4 Å². The van der Waals surface area contributed by atoms with Crippen LogP contribution in [0.15, 0.2) is 18.2 Å². The first-order chi connectivity index (χ1) is 12.5. The summed E-state index contributed by atoms with van der Waals surface area (Å²) in [6.07, 6.45) is 0. The molecule has 0 aliphatic carbocycles. The molecule has 0 aromatic heterocycles. The summed E-state index contributed by atoms with van der Waals surface area (Å²) in [5.41, 5.74) is 1.98. The predicted molar refractivity (Wildman–Crippen MR) is 105 cm³/mol. The van der Waals surface area contributed by atoms with Crippen molar-refractivity contribution in [3.05, 3.63) is 29.3 Å². The maximum Gasteiger partial charge on any atom is 0.697 e. The fourth-order valence-corrected chi connectivity index (χ4v) is 4.97. The summed E-state index contributed by atoms with van der Waals surface area (Å²) in [5, 5.41) is 0. The zero-order chi connectivity index (χ0) is 19.9. The third-order valence-electron chi connectivity index (χ3n) is 4.73. The monoisotopic (exact) mass is 415 g/mol. The fourth-order valence-electron chi connectivity index (χ4n) is 2.88. The van der Waals surface area contributed by atoms with Gasteiger partial charge >= 0.3 is 16.9 Å². The van der Waals surface area contributed by atoms with Crippen molar-refractivity contribution in [3.63, 3.8) is 0 Å². The molecule has 3 rings (SSSR count). The Kier molecular flexibility index (Phi) is 5.99. The van der Waals surface area contributed by atoms with Crippen LogP contribution in [0.3, 0.4) is 0 Å². The first-order valence-corrected chi connectivity index (χ1v) is 11.3. The van der Waals surface area contributed by atoms with E-state index in [2.05, 4.69) is 53.7 Å². The predicted octanol–water partition coefficient (Wildman–Crippen LogP) is 5.62. The molecule has 8 heteroatoms. The minimum Gasteiger partial charge on any atom is -0.426 e. The van der Waals surface area contributed by atoms with Crippen LogP contribution in [0.5, 0.6) is 5.75 Å². The van der Waals surface area contributed by atoms with E-state index in [0.717, 1.165) is 11.3 Å². The molecule has 0 radical (unpaired) electrons.